The Morgan fingerprint density at radius 3 is 2.39 bits per heavy atom. The molecule has 0 saturated carbocycles. The fourth-order valence-electron chi connectivity index (χ4n) is 1.57. The second kappa shape index (κ2) is 4.96. The molecule has 0 aliphatic heterocycles. The van der Waals surface area contributed by atoms with Crippen molar-refractivity contribution in [3.8, 4) is 5.75 Å². The summed E-state index contributed by atoms with van der Waals surface area (Å²) in [6.07, 6.45) is 0. The summed E-state index contributed by atoms with van der Waals surface area (Å²) < 4.78 is 30.8. The molecule has 92 valence electrons. The smallest absolute Gasteiger partial charge is 0.193 e. The van der Waals surface area contributed by atoms with Crippen LogP contribution in [0.15, 0.2) is 42.5 Å². The van der Waals surface area contributed by atoms with Gasteiger partial charge in [0.1, 0.15) is 5.75 Å². The number of rotatable bonds is 3. The van der Waals surface area contributed by atoms with E-state index in [4.69, 9.17) is 4.74 Å². The number of ketones is 1. The Morgan fingerprint density at radius 1 is 1.00 bits per heavy atom. The number of carbonyl (C=O) groups excluding carboxylic acids is 1. The highest BCUT2D eigenvalue weighted by Gasteiger charge is 2.12. The summed E-state index contributed by atoms with van der Waals surface area (Å²) >= 11 is 0. The van der Waals surface area contributed by atoms with Gasteiger partial charge in [-0.15, -0.1) is 0 Å². The predicted molar refractivity (Wildman–Crippen MR) is 62.8 cm³/mol. The largest absolute Gasteiger partial charge is 0.497 e. The van der Waals surface area contributed by atoms with Crippen molar-refractivity contribution >= 4 is 5.78 Å². The van der Waals surface area contributed by atoms with Gasteiger partial charge in [-0.3, -0.25) is 4.79 Å². The van der Waals surface area contributed by atoms with Crippen molar-refractivity contribution in [2.45, 2.75) is 0 Å². The van der Waals surface area contributed by atoms with E-state index in [1.807, 2.05) is 0 Å². The standard InChI is InChI=1S/C14H10F2O2/c1-18-11-4-2-3-9(7-11)14(17)10-5-6-12(15)13(16)8-10/h2-8H,1H3. The molecule has 0 saturated heterocycles. The van der Waals surface area contributed by atoms with Gasteiger partial charge in [0.2, 0.25) is 0 Å². The van der Waals surface area contributed by atoms with E-state index in [0.717, 1.165) is 12.1 Å². The molecule has 0 aliphatic rings. The topological polar surface area (TPSA) is 26.3 Å². The molecule has 0 N–H and O–H groups in total. The quantitative estimate of drug-likeness (QED) is 0.780. The third-order valence-corrected chi connectivity index (χ3v) is 2.51. The molecular weight excluding hydrogens is 238 g/mol. The van der Waals surface area contributed by atoms with Gasteiger partial charge in [0.15, 0.2) is 17.4 Å². The molecule has 2 nitrogen and oxygen atoms in total. The fourth-order valence-corrected chi connectivity index (χ4v) is 1.57. The maximum Gasteiger partial charge on any atom is 0.193 e. The van der Waals surface area contributed by atoms with Gasteiger partial charge in [-0.1, -0.05) is 12.1 Å². The van der Waals surface area contributed by atoms with E-state index in [1.54, 1.807) is 24.3 Å². The highest BCUT2D eigenvalue weighted by molar-refractivity contribution is 6.09. The van der Waals surface area contributed by atoms with Crippen LogP contribution in [0.5, 0.6) is 5.75 Å². The molecular formula is C14H10F2O2. The van der Waals surface area contributed by atoms with E-state index in [-0.39, 0.29) is 11.3 Å². The van der Waals surface area contributed by atoms with Gasteiger partial charge in [0.25, 0.3) is 0 Å². The zero-order valence-electron chi connectivity index (χ0n) is 9.61. The first-order valence-corrected chi connectivity index (χ1v) is 5.25. The van der Waals surface area contributed by atoms with Gasteiger partial charge >= 0.3 is 0 Å². The van der Waals surface area contributed by atoms with Crippen molar-refractivity contribution in [3.05, 3.63) is 65.2 Å². The molecule has 2 aromatic carbocycles. The summed E-state index contributed by atoms with van der Waals surface area (Å²) in [6.45, 7) is 0. The highest BCUT2D eigenvalue weighted by atomic mass is 19.2. The first-order chi connectivity index (χ1) is 8.61. The van der Waals surface area contributed by atoms with Crippen LogP contribution in [0.25, 0.3) is 0 Å². The minimum atomic E-state index is -1.04. The van der Waals surface area contributed by atoms with Crippen LogP contribution in [0, 0.1) is 11.6 Å². The van der Waals surface area contributed by atoms with Crippen molar-refractivity contribution in [2.75, 3.05) is 7.11 Å². The molecule has 0 unspecified atom stereocenters. The van der Waals surface area contributed by atoms with Crippen LogP contribution in [-0.4, -0.2) is 12.9 Å². The van der Waals surface area contributed by atoms with Crippen LogP contribution < -0.4 is 4.74 Å². The van der Waals surface area contributed by atoms with Crippen LogP contribution >= 0.6 is 0 Å². The second-order valence-electron chi connectivity index (χ2n) is 3.69. The lowest BCUT2D eigenvalue weighted by molar-refractivity contribution is 0.103. The SMILES string of the molecule is COc1cccc(C(=O)c2ccc(F)c(F)c2)c1. The number of carbonyl (C=O) groups is 1. The second-order valence-corrected chi connectivity index (χ2v) is 3.69. The van der Waals surface area contributed by atoms with Gasteiger partial charge in [-0.25, -0.2) is 8.78 Å². The Balaban J connectivity index is 2.38. The Hall–Kier alpha value is -2.23. The molecule has 0 bridgehead atoms. The van der Waals surface area contributed by atoms with Crippen molar-refractivity contribution in [1.82, 2.24) is 0 Å². The van der Waals surface area contributed by atoms with Crippen LogP contribution in [0.2, 0.25) is 0 Å². The first-order valence-electron chi connectivity index (χ1n) is 5.25. The molecule has 0 atom stereocenters. The molecule has 0 amide bonds. The highest BCUT2D eigenvalue weighted by Crippen LogP contribution is 2.17. The fraction of sp³-hybridized carbons (Fsp3) is 0.0714. The lowest BCUT2D eigenvalue weighted by Crippen LogP contribution is -2.02. The predicted octanol–water partition coefficient (Wildman–Crippen LogP) is 3.20. The normalized spacial score (nSPS) is 10.2. The molecule has 0 aliphatic carbocycles. The molecule has 0 fully saturated rings. The molecule has 0 spiro atoms. The number of ether oxygens (including phenoxy) is 1. The number of hydrogen-bond acceptors (Lipinski definition) is 2. The average molecular weight is 248 g/mol. The van der Waals surface area contributed by atoms with Crippen molar-refractivity contribution < 1.29 is 18.3 Å². The number of halogens is 2. The van der Waals surface area contributed by atoms with Crippen LogP contribution in [0.1, 0.15) is 15.9 Å². The van der Waals surface area contributed by atoms with E-state index in [1.165, 1.54) is 13.2 Å². The number of methoxy groups -OCH3 is 1. The van der Waals surface area contributed by atoms with Crippen LogP contribution in [-0.2, 0) is 0 Å². The number of benzene rings is 2. The van der Waals surface area contributed by atoms with Crippen LogP contribution in [0.4, 0.5) is 8.78 Å². The minimum absolute atomic E-state index is 0.0992. The Morgan fingerprint density at radius 2 is 1.72 bits per heavy atom. The van der Waals surface area contributed by atoms with E-state index in [2.05, 4.69) is 0 Å². The van der Waals surface area contributed by atoms with E-state index < -0.39 is 11.6 Å². The van der Waals surface area contributed by atoms with Gasteiger partial charge in [0, 0.05) is 11.1 Å². The monoisotopic (exact) mass is 248 g/mol. The van der Waals surface area contributed by atoms with E-state index >= 15 is 0 Å². The molecule has 0 aromatic heterocycles. The van der Waals surface area contributed by atoms with Crippen molar-refractivity contribution in [1.29, 1.82) is 0 Å². The Kier molecular flexibility index (Phi) is 3.37. The summed E-state index contributed by atoms with van der Waals surface area (Å²) in [7, 11) is 1.49. The molecule has 0 heterocycles. The lowest BCUT2D eigenvalue weighted by Gasteiger charge is -2.04. The Labute approximate surface area is 103 Å². The summed E-state index contributed by atoms with van der Waals surface area (Å²) in [5, 5.41) is 0. The van der Waals surface area contributed by atoms with Gasteiger partial charge in [-0.05, 0) is 30.3 Å². The zero-order valence-corrected chi connectivity index (χ0v) is 9.61. The van der Waals surface area contributed by atoms with E-state index in [9.17, 15) is 13.6 Å². The molecule has 4 heteroatoms. The minimum Gasteiger partial charge on any atom is -0.497 e. The maximum atomic E-state index is 13.0. The molecule has 18 heavy (non-hydrogen) atoms. The molecule has 0 radical (unpaired) electrons. The molecule has 2 rings (SSSR count). The lowest BCUT2D eigenvalue weighted by atomic mass is 10.0. The Bertz CT molecular complexity index is 594. The van der Waals surface area contributed by atoms with Crippen LogP contribution in [0.3, 0.4) is 0 Å². The molecule has 2 aromatic rings. The third-order valence-electron chi connectivity index (χ3n) is 2.51. The third kappa shape index (κ3) is 2.37. The summed E-state index contributed by atoms with van der Waals surface area (Å²) in [4.78, 5) is 12.0. The van der Waals surface area contributed by atoms with Crippen molar-refractivity contribution in [3.63, 3.8) is 0 Å². The van der Waals surface area contributed by atoms with Gasteiger partial charge in [-0.2, -0.15) is 0 Å². The van der Waals surface area contributed by atoms with Crippen molar-refractivity contribution in [2.24, 2.45) is 0 Å². The number of hydrogen-bond donors (Lipinski definition) is 0. The summed E-state index contributed by atoms with van der Waals surface area (Å²) in [5.41, 5.74) is 0.461. The zero-order chi connectivity index (χ0) is 13.1. The average Bonchev–Trinajstić information content (AvgIpc) is 2.41. The van der Waals surface area contributed by atoms with Gasteiger partial charge in [0.05, 0.1) is 7.11 Å². The van der Waals surface area contributed by atoms with E-state index in [0.29, 0.717) is 11.3 Å². The first kappa shape index (κ1) is 12.2. The maximum absolute atomic E-state index is 13.0. The summed E-state index contributed by atoms with van der Waals surface area (Å²) in [6, 6.07) is 9.56. The van der Waals surface area contributed by atoms with Gasteiger partial charge < -0.3 is 4.74 Å². The summed E-state index contributed by atoms with van der Waals surface area (Å²) in [5.74, 6) is -1.86.